The lowest BCUT2D eigenvalue weighted by molar-refractivity contribution is 0.0991. The van der Waals surface area contributed by atoms with Crippen LogP contribution in [0.5, 0.6) is 0 Å². The van der Waals surface area contributed by atoms with E-state index in [9.17, 15) is 9.00 Å². The molecule has 0 saturated carbocycles. The average molecular weight is 200 g/mol. The quantitative estimate of drug-likeness (QED) is 0.694. The molecule has 72 valence electrons. The Morgan fingerprint density at radius 1 is 1.62 bits per heavy atom. The van der Waals surface area contributed by atoms with Crippen LogP contribution in [0, 0.1) is 0 Å². The zero-order valence-corrected chi connectivity index (χ0v) is 8.47. The van der Waals surface area contributed by atoms with E-state index in [1.54, 1.807) is 12.1 Å². The van der Waals surface area contributed by atoms with E-state index in [4.69, 9.17) is 4.42 Å². The summed E-state index contributed by atoms with van der Waals surface area (Å²) in [4.78, 5) is 11.3. The second-order valence-electron chi connectivity index (χ2n) is 2.97. The summed E-state index contributed by atoms with van der Waals surface area (Å²) in [7, 11) is -1.10. The van der Waals surface area contributed by atoms with Gasteiger partial charge in [-0.3, -0.25) is 9.00 Å². The lowest BCUT2D eigenvalue weighted by Crippen LogP contribution is -2.16. The van der Waals surface area contributed by atoms with Gasteiger partial charge in [0.15, 0.2) is 5.76 Å². The van der Waals surface area contributed by atoms with Crippen LogP contribution in [-0.2, 0) is 10.8 Å². The van der Waals surface area contributed by atoms with Gasteiger partial charge in [0.05, 0.1) is 12.0 Å². The average Bonchev–Trinajstić information content (AvgIpc) is 2.55. The van der Waals surface area contributed by atoms with E-state index >= 15 is 0 Å². The maximum atomic E-state index is 11.3. The molecule has 0 aliphatic rings. The Kier molecular flexibility index (Phi) is 3.42. The van der Waals surface area contributed by atoms with Gasteiger partial charge >= 0.3 is 0 Å². The number of ketones is 1. The second kappa shape index (κ2) is 4.37. The van der Waals surface area contributed by atoms with E-state index in [0.29, 0.717) is 0 Å². The summed E-state index contributed by atoms with van der Waals surface area (Å²) in [6.45, 7) is 3.65. The van der Waals surface area contributed by atoms with Gasteiger partial charge in [0.2, 0.25) is 5.78 Å². The van der Waals surface area contributed by atoms with Gasteiger partial charge in [0.25, 0.3) is 0 Å². The van der Waals surface area contributed by atoms with Crippen molar-refractivity contribution in [2.75, 3.05) is 5.75 Å². The minimum Gasteiger partial charge on any atom is -0.461 e. The van der Waals surface area contributed by atoms with Crippen molar-refractivity contribution in [1.29, 1.82) is 0 Å². The molecule has 0 bridgehead atoms. The van der Waals surface area contributed by atoms with Crippen LogP contribution in [0.15, 0.2) is 22.8 Å². The molecule has 0 aliphatic heterocycles. The fraction of sp³-hybridized carbons (Fsp3) is 0.444. The molecule has 0 saturated heterocycles. The molecule has 4 heteroatoms. The van der Waals surface area contributed by atoms with Crippen molar-refractivity contribution in [3.63, 3.8) is 0 Å². The van der Waals surface area contributed by atoms with Gasteiger partial charge in [-0.2, -0.15) is 0 Å². The van der Waals surface area contributed by atoms with E-state index in [1.165, 1.54) is 6.26 Å². The molecule has 0 aliphatic carbocycles. The van der Waals surface area contributed by atoms with Crippen molar-refractivity contribution in [2.45, 2.75) is 19.1 Å². The molecule has 13 heavy (non-hydrogen) atoms. The van der Waals surface area contributed by atoms with Crippen LogP contribution < -0.4 is 0 Å². The molecule has 3 nitrogen and oxygen atoms in total. The predicted octanol–water partition coefficient (Wildman–Crippen LogP) is 1.62. The lowest BCUT2D eigenvalue weighted by Gasteiger charge is -2.02. The molecule has 0 fully saturated rings. The highest BCUT2D eigenvalue weighted by Gasteiger charge is 2.14. The monoisotopic (exact) mass is 200 g/mol. The first kappa shape index (κ1) is 10.2. The maximum Gasteiger partial charge on any atom is 0.210 e. The highest BCUT2D eigenvalue weighted by Crippen LogP contribution is 2.04. The number of furan rings is 1. The summed E-state index contributed by atoms with van der Waals surface area (Å²) < 4.78 is 16.2. The van der Waals surface area contributed by atoms with Crippen molar-refractivity contribution in [3.05, 3.63) is 24.2 Å². The van der Waals surface area contributed by atoms with Crippen molar-refractivity contribution in [3.8, 4) is 0 Å². The molecule has 0 N–H and O–H groups in total. The number of hydrogen-bond acceptors (Lipinski definition) is 3. The van der Waals surface area contributed by atoms with Crippen LogP contribution in [0.2, 0.25) is 0 Å². The smallest absolute Gasteiger partial charge is 0.210 e. The predicted molar refractivity (Wildman–Crippen MR) is 51.2 cm³/mol. The van der Waals surface area contributed by atoms with Gasteiger partial charge in [-0.25, -0.2) is 0 Å². The highest BCUT2D eigenvalue weighted by molar-refractivity contribution is 7.86. The van der Waals surface area contributed by atoms with Gasteiger partial charge < -0.3 is 4.42 Å². The molecule has 1 atom stereocenters. The van der Waals surface area contributed by atoms with Crippen LogP contribution >= 0.6 is 0 Å². The molecule has 1 rings (SSSR count). The SMILES string of the molecule is CC(C)S(=O)CC(=O)c1ccco1. The second-order valence-corrected chi connectivity index (χ2v) is 4.97. The number of rotatable bonds is 4. The van der Waals surface area contributed by atoms with Gasteiger partial charge in [0, 0.05) is 16.0 Å². The molecular weight excluding hydrogens is 188 g/mol. The van der Waals surface area contributed by atoms with E-state index in [2.05, 4.69) is 0 Å². The van der Waals surface area contributed by atoms with Crippen LogP contribution in [0.4, 0.5) is 0 Å². The van der Waals surface area contributed by atoms with Crippen LogP contribution in [0.3, 0.4) is 0 Å². The van der Waals surface area contributed by atoms with Crippen molar-refractivity contribution < 1.29 is 13.4 Å². The van der Waals surface area contributed by atoms with Crippen molar-refractivity contribution in [1.82, 2.24) is 0 Å². The van der Waals surface area contributed by atoms with E-state index in [-0.39, 0.29) is 22.5 Å². The first-order chi connectivity index (χ1) is 6.11. The standard InChI is InChI=1S/C9H12O3S/c1-7(2)13(11)6-8(10)9-4-3-5-12-9/h3-5,7H,6H2,1-2H3. The normalized spacial score (nSPS) is 13.2. The Labute approximate surface area is 79.6 Å². The zero-order valence-electron chi connectivity index (χ0n) is 7.65. The molecule has 1 aromatic rings. The summed E-state index contributed by atoms with van der Waals surface area (Å²) in [5.41, 5.74) is 0. The summed E-state index contributed by atoms with van der Waals surface area (Å²) in [6, 6.07) is 3.23. The molecule has 1 unspecified atom stereocenters. The number of hydrogen-bond donors (Lipinski definition) is 0. The van der Waals surface area contributed by atoms with E-state index < -0.39 is 10.8 Å². The number of carbonyl (C=O) groups is 1. The Morgan fingerprint density at radius 2 is 2.31 bits per heavy atom. The third-order valence-electron chi connectivity index (χ3n) is 1.60. The first-order valence-electron chi connectivity index (χ1n) is 4.05. The zero-order chi connectivity index (χ0) is 9.84. The first-order valence-corrected chi connectivity index (χ1v) is 5.43. The lowest BCUT2D eigenvalue weighted by atomic mass is 10.3. The Bertz CT molecular complexity index is 301. The fourth-order valence-electron chi connectivity index (χ4n) is 0.804. The molecule has 0 aromatic carbocycles. The third-order valence-corrected chi connectivity index (χ3v) is 3.19. The van der Waals surface area contributed by atoms with Crippen LogP contribution in [0.25, 0.3) is 0 Å². The molecular formula is C9H12O3S. The maximum absolute atomic E-state index is 11.3. The third kappa shape index (κ3) is 2.81. The summed E-state index contributed by atoms with van der Waals surface area (Å²) >= 11 is 0. The Morgan fingerprint density at radius 3 is 2.77 bits per heavy atom. The molecule has 0 amide bonds. The van der Waals surface area contributed by atoms with E-state index in [1.807, 2.05) is 13.8 Å². The van der Waals surface area contributed by atoms with Gasteiger partial charge in [0.1, 0.15) is 0 Å². The van der Waals surface area contributed by atoms with Gasteiger partial charge in [-0.1, -0.05) is 13.8 Å². The number of carbonyl (C=O) groups excluding carboxylic acids is 1. The fourth-order valence-corrected chi connectivity index (χ4v) is 1.54. The topological polar surface area (TPSA) is 47.3 Å². The highest BCUT2D eigenvalue weighted by atomic mass is 32.2. The van der Waals surface area contributed by atoms with E-state index in [0.717, 1.165) is 0 Å². The molecule has 1 aromatic heterocycles. The molecule has 0 spiro atoms. The van der Waals surface area contributed by atoms with Crippen LogP contribution in [0.1, 0.15) is 24.4 Å². The Hall–Kier alpha value is -0.900. The van der Waals surface area contributed by atoms with Gasteiger partial charge in [-0.05, 0) is 12.1 Å². The summed E-state index contributed by atoms with van der Waals surface area (Å²) in [5, 5.41) is 0.0129. The summed E-state index contributed by atoms with van der Waals surface area (Å²) in [5.74, 6) is 0.136. The largest absolute Gasteiger partial charge is 0.461 e. The number of Topliss-reactive ketones (excluding diaryl/α,β-unsaturated/α-hetero) is 1. The molecule has 1 heterocycles. The van der Waals surface area contributed by atoms with Crippen LogP contribution in [-0.4, -0.2) is 21.0 Å². The Balaban J connectivity index is 2.57. The van der Waals surface area contributed by atoms with Gasteiger partial charge in [-0.15, -0.1) is 0 Å². The summed E-state index contributed by atoms with van der Waals surface area (Å²) in [6.07, 6.45) is 1.44. The van der Waals surface area contributed by atoms with Crippen molar-refractivity contribution in [2.24, 2.45) is 0 Å². The minimum atomic E-state index is -1.10. The molecule has 0 radical (unpaired) electrons. The minimum absolute atomic E-state index is 0.0129. The van der Waals surface area contributed by atoms with Crippen molar-refractivity contribution >= 4 is 16.6 Å².